The van der Waals surface area contributed by atoms with Crippen molar-refractivity contribution in [2.75, 3.05) is 6.61 Å². The van der Waals surface area contributed by atoms with E-state index in [9.17, 15) is 4.79 Å². The van der Waals surface area contributed by atoms with Crippen LogP contribution in [0.4, 0.5) is 0 Å². The number of nitrogens with one attached hydrogen (secondary N) is 2. The molecule has 0 fully saturated rings. The van der Waals surface area contributed by atoms with E-state index in [0.29, 0.717) is 6.54 Å². The number of carbonyl (C=O) groups excluding carboxylic acids is 1. The van der Waals surface area contributed by atoms with E-state index in [2.05, 4.69) is 29.7 Å². The van der Waals surface area contributed by atoms with Gasteiger partial charge in [-0.25, -0.2) is 0 Å². The largest absolute Gasteiger partial charge is 0.483 e. The Morgan fingerprint density at radius 3 is 2.36 bits per heavy atom. The van der Waals surface area contributed by atoms with Gasteiger partial charge in [-0.05, 0) is 39.3 Å². The number of hydrogen-bond donors (Lipinski definition) is 2. The Labute approximate surface area is 150 Å². The fourth-order valence-electron chi connectivity index (χ4n) is 2.51. The maximum Gasteiger partial charge on any atom is 0.258 e. The van der Waals surface area contributed by atoms with Crippen LogP contribution in [0.25, 0.3) is 0 Å². The molecule has 0 aliphatic carbocycles. The predicted molar refractivity (Wildman–Crippen MR) is 102 cm³/mol. The predicted octanol–water partition coefficient (Wildman–Crippen LogP) is 3.83. The van der Waals surface area contributed by atoms with E-state index >= 15 is 0 Å². The standard InChI is InChI=1S/C21H28N2O2/c1-16(17-10-6-5-7-11-17)22-14-18-12-8-9-13-19(18)25-15-20(24)23-21(2,3)4/h5-13,16,22H,14-15H2,1-4H3,(H,23,24). The molecule has 25 heavy (non-hydrogen) atoms. The second kappa shape index (κ2) is 8.67. The van der Waals surface area contributed by atoms with Crippen LogP contribution in [0.5, 0.6) is 5.75 Å². The van der Waals surface area contributed by atoms with Gasteiger partial charge in [-0.1, -0.05) is 48.5 Å². The van der Waals surface area contributed by atoms with E-state index in [0.717, 1.165) is 11.3 Å². The molecule has 2 aromatic rings. The highest BCUT2D eigenvalue weighted by molar-refractivity contribution is 5.78. The molecular formula is C21H28N2O2. The van der Waals surface area contributed by atoms with E-state index in [4.69, 9.17) is 4.74 Å². The number of amides is 1. The maximum atomic E-state index is 11.9. The van der Waals surface area contributed by atoms with Gasteiger partial charge in [0.15, 0.2) is 6.61 Å². The number of rotatable bonds is 7. The summed E-state index contributed by atoms with van der Waals surface area (Å²) in [6.07, 6.45) is 0. The summed E-state index contributed by atoms with van der Waals surface area (Å²) in [5.41, 5.74) is 2.02. The van der Waals surface area contributed by atoms with Gasteiger partial charge in [-0.15, -0.1) is 0 Å². The summed E-state index contributed by atoms with van der Waals surface area (Å²) in [6, 6.07) is 18.4. The Hall–Kier alpha value is -2.33. The SMILES string of the molecule is CC(NCc1ccccc1OCC(=O)NC(C)(C)C)c1ccccc1. The Kier molecular flexibility index (Phi) is 6.59. The molecule has 0 radical (unpaired) electrons. The van der Waals surface area contributed by atoms with Crippen molar-refractivity contribution in [3.8, 4) is 5.75 Å². The number of benzene rings is 2. The molecule has 2 rings (SSSR count). The minimum absolute atomic E-state index is 0.0164. The zero-order valence-electron chi connectivity index (χ0n) is 15.5. The van der Waals surface area contributed by atoms with Crippen LogP contribution in [0.1, 0.15) is 44.9 Å². The van der Waals surface area contributed by atoms with E-state index in [1.165, 1.54) is 5.56 Å². The van der Waals surface area contributed by atoms with Gasteiger partial charge < -0.3 is 15.4 Å². The van der Waals surface area contributed by atoms with Crippen LogP contribution in [-0.4, -0.2) is 18.1 Å². The van der Waals surface area contributed by atoms with E-state index in [-0.39, 0.29) is 24.1 Å². The van der Waals surface area contributed by atoms with Gasteiger partial charge in [0.2, 0.25) is 0 Å². The molecule has 0 saturated heterocycles. The summed E-state index contributed by atoms with van der Waals surface area (Å²) in [5, 5.41) is 6.40. The molecule has 4 nitrogen and oxygen atoms in total. The van der Waals surface area contributed by atoms with Gasteiger partial charge in [-0.2, -0.15) is 0 Å². The first kappa shape index (κ1) is 19.0. The molecule has 0 heterocycles. The molecule has 0 aliphatic heterocycles. The van der Waals surface area contributed by atoms with Crippen LogP contribution in [0.15, 0.2) is 54.6 Å². The molecule has 134 valence electrons. The van der Waals surface area contributed by atoms with Crippen molar-refractivity contribution in [2.45, 2.75) is 45.8 Å². The lowest BCUT2D eigenvalue weighted by Crippen LogP contribution is -2.43. The Morgan fingerprint density at radius 2 is 1.68 bits per heavy atom. The van der Waals surface area contributed by atoms with Crippen LogP contribution in [0.2, 0.25) is 0 Å². The summed E-state index contributed by atoms with van der Waals surface area (Å²) in [7, 11) is 0. The molecule has 4 heteroatoms. The molecule has 1 amide bonds. The van der Waals surface area contributed by atoms with Gasteiger partial charge in [0.25, 0.3) is 5.91 Å². The monoisotopic (exact) mass is 340 g/mol. The smallest absolute Gasteiger partial charge is 0.258 e. The van der Waals surface area contributed by atoms with Crippen LogP contribution in [-0.2, 0) is 11.3 Å². The molecule has 0 aliphatic rings. The Balaban J connectivity index is 1.93. The highest BCUT2D eigenvalue weighted by Crippen LogP contribution is 2.19. The highest BCUT2D eigenvalue weighted by Gasteiger charge is 2.14. The molecule has 0 aromatic heterocycles. The molecule has 1 atom stereocenters. The normalized spacial score (nSPS) is 12.5. The van der Waals surface area contributed by atoms with Crippen molar-refractivity contribution in [2.24, 2.45) is 0 Å². The first-order valence-electron chi connectivity index (χ1n) is 8.65. The zero-order chi connectivity index (χ0) is 18.3. The molecule has 0 spiro atoms. The third-order valence-electron chi connectivity index (χ3n) is 3.74. The fraction of sp³-hybridized carbons (Fsp3) is 0.381. The first-order valence-corrected chi connectivity index (χ1v) is 8.65. The number of hydrogen-bond acceptors (Lipinski definition) is 3. The third kappa shape index (κ3) is 6.59. The average Bonchev–Trinajstić information content (AvgIpc) is 2.58. The minimum atomic E-state index is -0.257. The van der Waals surface area contributed by atoms with E-state index in [1.54, 1.807) is 0 Å². The number of para-hydroxylation sites is 1. The van der Waals surface area contributed by atoms with Crippen molar-refractivity contribution in [1.82, 2.24) is 10.6 Å². The van der Waals surface area contributed by atoms with Gasteiger partial charge in [0.1, 0.15) is 5.75 Å². The van der Waals surface area contributed by atoms with Crippen LogP contribution < -0.4 is 15.4 Å². The summed E-state index contributed by atoms with van der Waals surface area (Å²) in [5.74, 6) is 0.618. The second-order valence-electron chi connectivity index (χ2n) is 7.21. The van der Waals surface area contributed by atoms with Gasteiger partial charge >= 0.3 is 0 Å². The average molecular weight is 340 g/mol. The summed E-state index contributed by atoms with van der Waals surface area (Å²) in [6.45, 7) is 8.68. The summed E-state index contributed by atoms with van der Waals surface area (Å²) >= 11 is 0. The second-order valence-corrected chi connectivity index (χ2v) is 7.21. The van der Waals surface area contributed by atoms with Gasteiger partial charge in [-0.3, -0.25) is 4.79 Å². The molecular weight excluding hydrogens is 312 g/mol. The summed E-state index contributed by atoms with van der Waals surface area (Å²) in [4.78, 5) is 11.9. The van der Waals surface area contributed by atoms with Gasteiger partial charge in [0.05, 0.1) is 0 Å². The first-order chi connectivity index (χ1) is 11.8. The van der Waals surface area contributed by atoms with Crippen molar-refractivity contribution >= 4 is 5.91 Å². The van der Waals surface area contributed by atoms with E-state index < -0.39 is 0 Å². The molecule has 0 saturated carbocycles. The molecule has 2 N–H and O–H groups in total. The lowest BCUT2D eigenvalue weighted by Gasteiger charge is -2.21. The molecule has 1 unspecified atom stereocenters. The van der Waals surface area contributed by atoms with Crippen molar-refractivity contribution in [3.05, 3.63) is 65.7 Å². The Morgan fingerprint density at radius 1 is 1.04 bits per heavy atom. The summed E-state index contributed by atoms with van der Waals surface area (Å²) < 4.78 is 5.73. The number of ether oxygens (including phenoxy) is 1. The molecule has 0 bridgehead atoms. The Bertz CT molecular complexity index is 678. The van der Waals surface area contributed by atoms with Crippen molar-refractivity contribution in [1.29, 1.82) is 0 Å². The van der Waals surface area contributed by atoms with Crippen LogP contribution >= 0.6 is 0 Å². The van der Waals surface area contributed by atoms with E-state index in [1.807, 2.05) is 63.2 Å². The lowest BCUT2D eigenvalue weighted by atomic mass is 10.1. The van der Waals surface area contributed by atoms with Crippen molar-refractivity contribution < 1.29 is 9.53 Å². The van der Waals surface area contributed by atoms with Crippen LogP contribution in [0, 0.1) is 0 Å². The maximum absolute atomic E-state index is 11.9. The zero-order valence-corrected chi connectivity index (χ0v) is 15.5. The van der Waals surface area contributed by atoms with Gasteiger partial charge in [0, 0.05) is 23.7 Å². The minimum Gasteiger partial charge on any atom is -0.483 e. The highest BCUT2D eigenvalue weighted by atomic mass is 16.5. The lowest BCUT2D eigenvalue weighted by molar-refractivity contribution is -0.124. The van der Waals surface area contributed by atoms with Crippen LogP contribution in [0.3, 0.4) is 0 Å². The third-order valence-corrected chi connectivity index (χ3v) is 3.74. The topological polar surface area (TPSA) is 50.4 Å². The molecule has 2 aromatic carbocycles. The quantitative estimate of drug-likeness (QED) is 0.805. The number of carbonyl (C=O) groups is 1. The fourth-order valence-corrected chi connectivity index (χ4v) is 2.51. The van der Waals surface area contributed by atoms with Crippen molar-refractivity contribution in [3.63, 3.8) is 0 Å².